The summed E-state index contributed by atoms with van der Waals surface area (Å²) in [6.45, 7) is 1.89. The number of sulfonamides is 1. The zero-order valence-electron chi connectivity index (χ0n) is 21.9. The molecule has 0 unspecified atom stereocenters. The first-order valence-corrected chi connectivity index (χ1v) is 14.7. The normalized spacial score (nSPS) is 15.3. The summed E-state index contributed by atoms with van der Waals surface area (Å²) in [7, 11) is -3.89. The lowest BCUT2D eigenvalue weighted by atomic mass is 10.2. The minimum absolute atomic E-state index is 0.00211. The van der Waals surface area contributed by atoms with Crippen LogP contribution in [0.2, 0.25) is 5.02 Å². The van der Waals surface area contributed by atoms with Gasteiger partial charge in [-0.15, -0.1) is 4.40 Å². The van der Waals surface area contributed by atoms with Crippen molar-refractivity contribution in [2.75, 3.05) is 11.9 Å². The molecular formula is C30H37ClN2O4S. The molecule has 1 N–H and O–H groups in total. The van der Waals surface area contributed by atoms with Gasteiger partial charge < -0.3 is 10.1 Å². The third-order valence-electron chi connectivity index (χ3n) is 5.21. The summed E-state index contributed by atoms with van der Waals surface area (Å²) in [6.07, 6.45) is 32.0. The van der Waals surface area contributed by atoms with E-state index in [1.54, 1.807) is 12.1 Å². The number of nitrogens with one attached hydrogen (secondary N) is 1. The Morgan fingerprint density at radius 1 is 0.868 bits per heavy atom. The molecule has 8 heteroatoms. The van der Waals surface area contributed by atoms with E-state index < -0.39 is 16.0 Å². The van der Waals surface area contributed by atoms with Crippen LogP contribution in [0.25, 0.3) is 0 Å². The number of benzene rings is 1. The van der Waals surface area contributed by atoms with Crippen molar-refractivity contribution in [1.82, 2.24) is 0 Å². The molecule has 0 atom stereocenters. The van der Waals surface area contributed by atoms with Crippen LogP contribution in [0.4, 0.5) is 5.69 Å². The number of fused-ring (bicyclic) bond motifs is 1. The van der Waals surface area contributed by atoms with E-state index in [-0.39, 0.29) is 23.8 Å². The van der Waals surface area contributed by atoms with Crippen molar-refractivity contribution in [3.63, 3.8) is 0 Å². The Labute approximate surface area is 232 Å². The Kier molecular flexibility index (Phi) is 14.8. The van der Waals surface area contributed by atoms with Gasteiger partial charge in [0.1, 0.15) is 11.5 Å². The molecule has 38 heavy (non-hydrogen) atoms. The number of allylic oxidation sites excluding steroid dienone is 12. The number of hydrogen-bond acceptors (Lipinski definition) is 5. The number of ether oxygens (including phenoxy) is 1. The highest BCUT2D eigenvalue weighted by molar-refractivity contribution is 7.90. The molecule has 1 aliphatic heterocycles. The molecule has 204 valence electrons. The van der Waals surface area contributed by atoms with Crippen molar-refractivity contribution in [3.8, 4) is 0 Å². The average molecular weight is 557 g/mol. The fraction of sp³-hybridized carbons (Fsp3) is 0.333. The summed E-state index contributed by atoms with van der Waals surface area (Å²) < 4.78 is 33.4. The van der Waals surface area contributed by atoms with Crippen LogP contribution in [0.5, 0.6) is 0 Å². The van der Waals surface area contributed by atoms with Crippen molar-refractivity contribution in [2.45, 2.75) is 63.2 Å². The van der Waals surface area contributed by atoms with E-state index >= 15 is 0 Å². The molecule has 0 radical (unpaired) electrons. The third kappa shape index (κ3) is 12.9. The van der Waals surface area contributed by atoms with Gasteiger partial charge in [0.2, 0.25) is 0 Å². The Morgan fingerprint density at radius 3 is 1.95 bits per heavy atom. The first-order chi connectivity index (χ1) is 18.4. The number of halogens is 1. The van der Waals surface area contributed by atoms with E-state index in [1.807, 2.05) is 12.2 Å². The molecule has 0 fully saturated rings. The number of esters is 1. The van der Waals surface area contributed by atoms with Gasteiger partial charge in [0.25, 0.3) is 10.0 Å². The van der Waals surface area contributed by atoms with Gasteiger partial charge in [0, 0.05) is 11.4 Å². The second-order valence-corrected chi connectivity index (χ2v) is 10.4. The second-order valence-electron chi connectivity index (χ2n) is 8.39. The molecule has 2 rings (SSSR count). The molecule has 1 aromatic carbocycles. The molecule has 1 aromatic rings. The van der Waals surface area contributed by atoms with E-state index in [0.29, 0.717) is 17.1 Å². The topological polar surface area (TPSA) is 84.8 Å². The van der Waals surface area contributed by atoms with E-state index in [0.717, 1.165) is 38.5 Å². The van der Waals surface area contributed by atoms with Crippen LogP contribution in [-0.2, 0) is 19.6 Å². The van der Waals surface area contributed by atoms with E-state index in [4.69, 9.17) is 16.3 Å². The summed E-state index contributed by atoms with van der Waals surface area (Å²) >= 11 is 5.86. The highest BCUT2D eigenvalue weighted by atomic mass is 35.5. The van der Waals surface area contributed by atoms with Crippen LogP contribution in [0.1, 0.15) is 58.3 Å². The lowest BCUT2D eigenvalue weighted by Crippen LogP contribution is -2.26. The van der Waals surface area contributed by atoms with Gasteiger partial charge in [-0.25, -0.2) is 0 Å². The molecule has 0 spiro atoms. The fourth-order valence-electron chi connectivity index (χ4n) is 3.31. The molecule has 1 aliphatic rings. The van der Waals surface area contributed by atoms with Crippen LogP contribution < -0.4 is 5.32 Å². The lowest BCUT2D eigenvalue weighted by Gasteiger charge is -2.18. The fourth-order valence-corrected chi connectivity index (χ4v) is 4.71. The van der Waals surface area contributed by atoms with Crippen LogP contribution >= 0.6 is 11.6 Å². The Balaban J connectivity index is 1.53. The van der Waals surface area contributed by atoms with Gasteiger partial charge in [-0.2, -0.15) is 8.42 Å². The van der Waals surface area contributed by atoms with Crippen molar-refractivity contribution < 1.29 is 17.9 Å². The average Bonchev–Trinajstić information content (AvgIpc) is 2.89. The van der Waals surface area contributed by atoms with E-state index in [2.05, 4.69) is 77.4 Å². The zero-order valence-corrected chi connectivity index (χ0v) is 23.5. The summed E-state index contributed by atoms with van der Waals surface area (Å²) in [4.78, 5) is 12.0. The number of anilines is 1. The van der Waals surface area contributed by atoms with Crippen molar-refractivity contribution in [3.05, 3.63) is 96.1 Å². The van der Waals surface area contributed by atoms with Crippen LogP contribution in [0, 0.1) is 0 Å². The number of carbonyl (C=O) groups is 1. The monoisotopic (exact) mass is 556 g/mol. The first-order valence-electron chi connectivity index (χ1n) is 12.9. The predicted octanol–water partition coefficient (Wildman–Crippen LogP) is 7.87. The molecule has 0 saturated heterocycles. The van der Waals surface area contributed by atoms with Gasteiger partial charge in [-0.05, 0) is 63.1 Å². The highest BCUT2D eigenvalue weighted by Crippen LogP contribution is 2.29. The number of hydrogen-bond donors (Lipinski definition) is 1. The van der Waals surface area contributed by atoms with Crippen molar-refractivity contribution in [1.29, 1.82) is 0 Å². The molecule has 0 aliphatic carbocycles. The van der Waals surface area contributed by atoms with Gasteiger partial charge in [-0.3, -0.25) is 4.79 Å². The summed E-state index contributed by atoms with van der Waals surface area (Å²) in [5.41, 5.74) is 0.355. The maximum atomic E-state index is 12.3. The minimum atomic E-state index is -3.89. The van der Waals surface area contributed by atoms with Crippen molar-refractivity contribution in [2.24, 2.45) is 4.40 Å². The third-order valence-corrected chi connectivity index (χ3v) is 6.80. The Hall–Kier alpha value is -3.16. The summed E-state index contributed by atoms with van der Waals surface area (Å²) in [5.74, 6) is -0.365. The second kappa shape index (κ2) is 18.2. The minimum Gasteiger partial charge on any atom is -0.457 e. The number of amidine groups is 1. The summed E-state index contributed by atoms with van der Waals surface area (Å²) in [5, 5.41) is 3.16. The Bertz CT molecular complexity index is 1210. The Morgan fingerprint density at radius 2 is 1.39 bits per heavy atom. The predicted molar refractivity (Wildman–Crippen MR) is 158 cm³/mol. The maximum absolute atomic E-state index is 12.3. The van der Waals surface area contributed by atoms with Gasteiger partial charge in [-0.1, -0.05) is 91.4 Å². The molecule has 0 amide bonds. The molecule has 0 bridgehead atoms. The molecule has 0 saturated carbocycles. The van der Waals surface area contributed by atoms with Gasteiger partial charge in [0.15, 0.2) is 5.84 Å². The van der Waals surface area contributed by atoms with E-state index in [9.17, 15) is 13.2 Å². The highest BCUT2D eigenvalue weighted by Gasteiger charge is 2.25. The smallest absolute Gasteiger partial charge is 0.306 e. The van der Waals surface area contributed by atoms with Crippen molar-refractivity contribution >= 4 is 39.1 Å². The van der Waals surface area contributed by atoms with Crippen LogP contribution in [-0.4, -0.2) is 26.8 Å². The van der Waals surface area contributed by atoms with Crippen LogP contribution in [0.15, 0.2) is 100 Å². The van der Waals surface area contributed by atoms with E-state index in [1.165, 1.54) is 6.07 Å². The lowest BCUT2D eigenvalue weighted by molar-refractivity contribution is -0.141. The quantitative estimate of drug-likeness (QED) is 0.165. The standard InChI is InChI=1S/C30H37ClN2O4S/c1-2-3-4-5-6-7-8-9-10-11-12-13-14-15-16-17-18-19-20-21-30(34)37-25-29-32-27-23-22-26(31)24-28(27)38(35,36)33-29/h3-4,6-7,9-10,12-13,15-16,18-19,22-24H,2,5,8,11,14,17,20-21,25H2,1H3,(H,32,33)/b4-3-,7-6-,10-9-,13-12-,16-15-,19-18-. The van der Waals surface area contributed by atoms with Gasteiger partial charge >= 0.3 is 5.97 Å². The SMILES string of the molecule is CC/C=C\C/C=C\C/C=C\C/C=C\C/C=C\C/C=C\CCC(=O)OCC1=NS(=O)(=O)c2cc(Cl)ccc2N1. The molecular weight excluding hydrogens is 520 g/mol. The number of carbonyl (C=O) groups excluding carboxylic acids is 1. The molecule has 0 aromatic heterocycles. The van der Waals surface area contributed by atoms with Gasteiger partial charge in [0.05, 0.1) is 5.69 Å². The zero-order chi connectivity index (χ0) is 27.5. The molecule has 6 nitrogen and oxygen atoms in total. The number of nitrogens with zero attached hydrogens (tertiary/aromatic N) is 1. The first kappa shape index (κ1) is 31.1. The number of rotatable bonds is 16. The largest absolute Gasteiger partial charge is 0.457 e. The molecule has 1 heterocycles. The van der Waals surface area contributed by atoms with Crippen LogP contribution in [0.3, 0.4) is 0 Å². The summed E-state index contributed by atoms with van der Waals surface area (Å²) in [6, 6.07) is 4.45. The maximum Gasteiger partial charge on any atom is 0.306 e.